The number of amides is 1. The summed E-state index contributed by atoms with van der Waals surface area (Å²) in [6, 6.07) is 8.63. The van der Waals surface area contributed by atoms with Gasteiger partial charge in [0.1, 0.15) is 5.82 Å². The van der Waals surface area contributed by atoms with Gasteiger partial charge in [-0.15, -0.1) is 0 Å². The monoisotopic (exact) mass is 385 g/mol. The van der Waals surface area contributed by atoms with E-state index in [-0.39, 0.29) is 24.1 Å². The molecule has 6 heteroatoms. The maximum absolute atomic E-state index is 14.4. The van der Waals surface area contributed by atoms with Crippen molar-refractivity contribution in [2.45, 2.75) is 56.7 Å². The van der Waals surface area contributed by atoms with Crippen molar-refractivity contribution in [1.82, 2.24) is 14.8 Å². The van der Waals surface area contributed by atoms with Gasteiger partial charge in [-0.2, -0.15) is 0 Å². The Bertz CT molecular complexity index is 800. The first-order valence-corrected chi connectivity index (χ1v) is 10.3. The molecule has 150 valence electrons. The molecule has 1 amide bonds. The zero-order valence-corrected chi connectivity index (χ0v) is 16.1. The molecule has 2 N–H and O–H groups in total. The normalized spacial score (nSPS) is 24.2. The Morgan fingerprint density at radius 3 is 2.46 bits per heavy atom. The molecule has 1 saturated carbocycles. The number of hydrogen-bond acceptors (Lipinski definition) is 3. The number of piperidine rings is 1. The van der Waals surface area contributed by atoms with Crippen LogP contribution in [0.1, 0.15) is 48.9 Å². The van der Waals surface area contributed by atoms with Crippen LogP contribution in [0.2, 0.25) is 0 Å². The molecular weight excluding hydrogens is 357 g/mol. The third-order valence-electron chi connectivity index (χ3n) is 6.12. The predicted octanol–water partition coefficient (Wildman–Crippen LogP) is 3.11. The summed E-state index contributed by atoms with van der Waals surface area (Å²) in [5.74, 6) is -0.640. The first-order chi connectivity index (χ1) is 13.6. The van der Waals surface area contributed by atoms with Gasteiger partial charge in [-0.05, 0) is 56.0 Å². The Morgan fingerprint density at radius 2 is 1.79 bits per heavy atom. The summed E-state index contributed by atoms with van der Waals surface area (Å²) >= 11 is 0. The van der Waals surface area contributed by atoms with Crippen molar-refractivity contribution in [3.8, 4) is 5.69 Å². The zero-order valence-electron chi connectivity index (χ0n) is 16.1. The minimum atomic E-state index is -0.412. The van der Waals surface area contributed by atoms with Crippen molar-refractivity contribution in [2.24, 2.45) is 0 Å². The fourth-order valence-corrected chi connectivity index (χ4v) is 4.51. The number of aromatic nitrogens is 1. The molecule has 5 nitrogen and oxygen atoms in total. The van der Waals surface area contributed by atoms with Crippen LogP contribution in [-0.4, -0.2) is 51.8 Å². The molecule has 1 aromatic heterocycles. The lowest BCUT2D eigenvalue weighted by Crippen LogP contribution is -2.52. The zero-order chi connectivity index (χ0) is 19.5. The molecule has 2 aliphatic rings. The van der Waals surface area contributed by atoms with E-state index in [4.69, 9.17) is 0 Å². The molecule has 1 aliphatic carbocycles. The summed E-state index contributed by atoms with van der Waals surface area (Å²) in [5.41, 5.74) is 0.777. The lowest BCUT2D eigenvalue weighted by molar-refractivity contribution is 0.00727. The largest absolute Gasteiger partial charge is 0.391 e. The molecule has 0 spiro atoms. The van der Waals surface area contributed by atoms with Gasteiger partial charge in [0.15, 0.2) is 0 Å². The van der Waals surface area contributed by atoms with E-state index in [1.807, 2.05) is 12.1 Å². The highest BCUT2D eigenvalue weighted by molar-refractivity contribution is 5.94. The minimum absolute atomic E-state index is 0.0941. The Morgan fingerprint density at radius 1 is 1.07 bits per heavy atom. The minimum Gasteiger partial charge on any atom is -0.391 e. The van der Waals surface area contributed by atoms with Gasteiger partial charge in [-0.3, -0.25) is 9.69 Å². The molecule has 2 heterocycles. The molecule has 4 rings (SSSR count). The SMILES string of the molecule is O=C(NC1CCN([C@@H]2CCCC[C@@H]2O)CC1)c1ccc(-n2cccc2)c(F)c1. The molecular formula is C22H28FN3O2. The smallest absolute Gasteiger partial charge is 0.251 e. The Balaban J connectivity index is 1.33. The number of nitrogens with one attached hydrogen (secondary N) is 1. The van der Waals surface area contributed by atoms with Gasteiger partial charge in [0, 0.05) is 43.1 Å². The summed E-state index contributed by atoms with van der Waals surface area (Å²) in [6.45, 7) is 1.77. The van der Waals surface area contributed by atoms with Crippen molar-refractivity contribution in [3.05, 3.63) is 54.1 Å². The van der Waals surface area contributed by atoms with E-state index >= 15 is 0 Å². The first-order valence-electron chi connectivity index (χ1n) is 10.3. The van der Waals surface area contributed by atoms with Crippen LogP contribution >= 0.6 is 0 Å². The van der Waals surface area contributed by atoms with Gasteiger partial charge < -0.3 is 15.0 Å². The van der Waals surface area contributed by atoms with Crippen LogP contribution in [0.4, 0.5) is 4.39 Å². The third-order valence-corrected chi connectivity index (χ3v) is 6.12. The molecule has 1 aliphatic heterocycles. The number of carbonyl (C=O) groups excluding carboxylic acids is 1. The van der Waals surface area contributed by atoms with E-state index in [2.05, 4.69) is 10.2 Å². The third kappa shape index (κ3) is 4.13. The van der Waals surface area contributed by atoms with Gasteiger partial charge in [-0.25, -0.2) is 4.39 Å². The summed E-state index contributed by atoms with van der Waals surface area (Å²) < 4.78 is 16.1. The average molecular weight is 385 g/mol. The number of benzene rings is 1. The quantitative estimate of drug-likeness (QED) is 0.850. The number of rotatable bonds is 4. The molecule has 1 aromatic carbocycles. The van der Waals surface area contributed by atoms with Gasteiger partial charge in [0.2, 0.25) is 0 Å². The van der Waals surface area contributed by atoms with Crippen molar-refractivity contribution in [2.75, 3.05) is 13.1 Å². The van der Waals surface area contributed by atoms with Crippen LogP contribution in [0, 0.1) is 5.82 Å². The highest BCUT2D eigenvalue weighted by Crippen LogP contribution is 2.26. The van der Waals surface area contributed by atoms with E-state index in [0.717, 1.165) is 45.2 Å². The van der Waals surface area contributed by atoms with Crippen molar-refractivity contribution >= 4 is 5.91 Å². The van der Waals surface area contributed by atoms with Crippen LogP contribution in [-0.2, 0) is 0 Å². The van der Waals surface area contributed by atoms with Gasteiger partial charge in [-0.1, -0.05) is 12.8 Å². The fraction of sp³-hybridized carbons (Fsp3) is 0.500. The van der Waals surface area contributed by atoms with Crippen LogP contribution in [0.5, 0.6) is 0 Å². The van der Waals surface area contributed by atoms with E-state index in [9.17, 15) is 14.3 Å². The van der Waals surface area contributed by atoms with E-state index < -0.39 is 5.82 Å². The number of hydrogen-bond donors (Lipinski definition) is 2. The molecule has 0 bridgehead atoms. The van der Waals surface area contributed by atoms with Gasteiger partial charge in [0.05, 0.1) is 11.8 Å². The average Bonchev–Trinajstić information content (AvgIpc) is 3.23. The van der Waals surface area contributed by atoms with Gasteiger partial charge in [0.25, 0.3) is 5.91 Å². The fourth-order valence-electron chi connectivity index (χ4n) is 4.51. The second kappa shape index (κ2) is 8.45. The van der Waals surface area contributed by atoms with E-state index in [1.165, 1.54) is 12.5 Å². The number of halogens is 1. The van der Waals surface area contributed by atoms with E-state index in [0.29, 0.717) is 11.3 Å². The number of likely N-dealkylation sites (tertiary alicyclic amines) is 1. The van der Waals surface area contributed by atoms with Crippen LogP contribution in [0.15, 0.2) is 42.7 Å². The highest BCUT2D eigenvalue weighted by Gasteiger charge is 2.31. The highest BCUT2D eigenvalue weighted by atomic mass is 19.1. The summed E-state index contributed by atoms with van der Waals surface area (Å²) in [5, 5.41) is 13.3. The first kappa shape index (κ1) is 19.2. The Kier molecular flexibility index (Phi) is 5.78. The summed E-state index contributed by atoms with van der Waals surface area (Å²) in [7, 11) is 0. The molecule has 1 saturated heterocycles. The lowest BCUT2D eigenvalue weighted by atomic mass is 9.89. The number of carbonyl (C=O) groups is 1. The van der Waals surface area contributed by atoms with Gasteiger partial charge >= 0.3 is 0 Å². The van der Waals surface area contributed by atoms with E-state index in [1.54, 1.807) is 29.1 Å². The second-order valence-corrected chi connectivity index (χ2v) is 7.96. The van der Waals surface area contributed by atoms with Crippen molar-refractivity contribution in [3.63, 3.8) is 0 Å². The lowest BCUT2D eigenvalue weighted by Gasteiger charge is -2.41. The number of nitrogens with zero attached hydrogens (tertiary/aromatic N) is 2. The number of aliphatic hydroxyl groups excluding tert-OH is 1. The predicted molar refractivity (Wildman–Crippen MR) is 106 cm³/mol. The van der Waals surface area contributed by atoms with Crippen LogP contribution < -0.4 is 5.32 Å². The van der Waals surface area contributed by atoms with Crippen LogP contribution in [0.3, 0.4) is 0 Å². The summed E-state index contributed by atoms with van der Waals surface area (Å²) in [4.78, 5) is 14.9. The Labute approximate surface area is 165 Å². The van der Waals surface area contributed by atoms with Crippen molar-refractivity contribution in [1.29, 1.82) is 0 Å². The van der Waals surface area contributed by atoms with Crippen LogP contribution in [0.25, 0.3) is 5.69 Å². The second-order valence-electron chi connectivity index (χ2n) is 7.96. The maximum atomic E-state index is 14.4. The standard InChI is InChI=1S/C22H28FN3O2/c23-18-15-16(7-8-19(18)25-11-3-4-12-25)22(28)24-17-9-13-26(14-10-17)20-5-1-2-6-21(20)27/h3-4,7-8,11-12,15,17,20-21,27H,1-2,5-6,9-10,13-14H2,(H,24,28)/t20-,21+/m1/s1. The number of aliphatic hydroxyl groups is 1. The molecule has 2 aromatic rings. The molecule has 0 radical (unpaired) electrons. The molecule has 28 heavy (non-hydrogen) atoms. The molecule has 2 atom stereocenters. The molecule has 0 unspecified atom stereocenters. The topological polar surface area (TPSA) is 57.5 Å². The Hall–Kier alpha value is -2.18. The molecule has 2 fully saturated rings. The summed E-state index contributed by atoms with van der Waals surface area (Å²) in [6.07, 6.45) is 9.30. The van der Waals surface area contributed by atoms with Crippen molar-refractivity contribution < 1.29 is 14.3 Å². The maximum Gasteiger partial charge on any atom is 0.251 e.